The second kappa shape index (κ2) is 8.55. The van der Waals surface area contributed by atoms with Crippen LogP contribution in [-0.4, -0.2) is 53.7 Å². The van der Waals surface area contributed by atoms with Crippen molar-refractivity contribution in [3.63, 3.8) is 0 Å². The Bertz CT molecular complexity index is 808. The minimum Gasteiger partial charge on any atom is -0.494 e. The number of aliphatic hydroxyl groups is 1. The summed E-state index contributed by atoms with van der Waals surface area (Å²) in [6.07, 6.45) is 1.42. The van der Waals surface area contributed by atoms with Gasteiger partial charge in [-0.15, -0.1) is 12.4 Å². The van der Waals surface area contributed by atoms with Gasteiger partial charge in [0.2, 0.25) is 0 Å². The van der Waals surface area contributed by atoms with E-state index in [9.17, 15) is 19.4 Å². The lowest BCUT2D eigenvalue weighted by atomic mass is 9.94. The van der Waals surface area contributed by atoms with E-state index in [2.05, 4.69) is 15.8 Å². The van der Waals surface area contributed by atoms with Crippen LogP contribution in [-0.2, 0) is 0 Å². The molecule has 2 heterocycles. The van der Waals surface area contributed by atoms with Crippen LogP contribution < -0.4 is 15.4 Å². The number of β-amino-alcohol motifs (C(OH)–C–C–N with tert-alkyl or cyclic N) is 1. The van der Waals surface area contributed by atoms with E-state index in [1.807, 2.05) is 0 Å². The second-order valence-electron chi connectivity index (χ2n) is 6.25. The maximum atomic E-state index is 13.6. The van der Waals surface area contributed by atoms with E-state index >= 15 is 0 Å². The Kier molecular flexibility index (Phi) is 6.63. The van der Waals surface area contributed by atoms with E-state index < -0.39 is 17.4 Å². The largest absolute Gasteiger partial charge is 0.494 e. The van der Waals surface area contributed by atoms with Gasteiger partial charge in [0.25, 0.3) is 0 Å². The van der Waals surface area contributed by atoms with Crippen LogP contribution in [0, 0.1) is 5.82 Å². The van der Waals surface area contributed by atoms with Crippen LogP contribution in [0.3, 0.4) is 0 Å². The zero-order chi connectivity index (χ0) is 18.7. The van der Waals surface area contributed by atoms with Crippen molar-refractivity contribution in [2.75, 3.05) is 32.1 Å². The predicted octanol–water partition coefficient (Wildman–Crippen LogP) is 2.14. The second-order valence-corrected chi connectivity index (χ2v) is 6.25. The summed E-state index contributed by atoms with van der Waals surface area (Å²) in [7, 11) is 1.31. The zero-order valence-corrected chi connectivity index (χ0v) is 15.4. The summed E-state index contributed by atoms with van der Waals surface area (Å²) in [5, 5.41) is 29.8. The van der Waals surface area contributed by atoms with Crippen LogP contribution in [0.1, 0.15) is 23.2 Å². The van der Waals surface area contributed by atoms with Gasteiger partial charge in [0.05, 0.1) is 12.7 Å². The molecule has 4 N–H and O–H groups in total. The number of hydrogen-bond donors (Lipinski definition) is 4. The van der Waals surface area contributed by atoms with Crippen molar-refractivity contribution >= 4 is 24.2 Å². The number of ether oxygens (including phenoxy) is 1. The maximum absolute atomic E-state index is 13.6. The van der Waals surface area contributed by atoms with Gasteiger partial charge in [-0.25, -0.2) is 9.18 Å². The molecule has 8 nitrogen and oxygen atoms in total. The third kappa shape index (κ3) is 4.49. The first-order valence-corrected chi connectivity index (χ1v) is 8.17. The highest BCUT2D eigenvalue weighted by Gasteiger charge is 2.31. The Morgan fingerprint density at radius 1 is 1.52 bits per heavy atom. The fourth-order valence-corrected chi connectivity index (χ4v) is 2.96. The molecular formula is C17H21ClFN3O5. The number of rotatable bonds is 6. The average molecular weight is 402 g/mol. The number of carboxylic acids is 1. The molecule has 0 amide bonds. The number of hydrogen-bond acceptors (Lipinski definition) is 7. The number of methoxy groups -OCH3 is 1. The van der Waals surface area contributed by atoms with Crippen LogP contribution >= 0.6 is 12.4 Å². The number of anilines is 1. The summed E-state index contributed by atoms with van der Waals surface area (Å²) in [5.41, 5.74) is -0.864. The minimum atomic E-state index is -1.25. The molecule has 3 rings (SSSR count). The number of piperidine rings is 1. The number of nitrogens with zero attached hydrogens (tertiary/aromatic N) is 1. The van der Waals surface area contributed by atoms with Crippen LogP contribution in [0.5, 0.6) is 5.75 Å². The van der Waals surface area contributed by atoms with Crippen LogP contribution in [0.15, 0.2) is 22.7 Å². The van der Waals surface area contributed by atoms with Crippen molar-refractivity contribution in [1.29, 1.82) is 0 Å². The molecule has 2 aromatic rings. The molecule has 1 fully saturated rings. The van der Waals surface area contributed by atoms with Crippen molar-refractivity contribution < 1.29 is 28.7 Å². The zero-order valence-electron chi connectivity index (χ0n) is 14.6. The summed E-state index contributed by atoms with van der Waals surface area (Å²) in [6.45, 7) is 1.37. The fourth-order valence-electron chi connectivity index (χ4n) is 2.96. The topological polar surface area (TPSA) is 117 Å². The third-order valence-corrected chi connectivity index (χ3v) is 4.35. The summed E-state index contributed by atoms with van der Waals surface area (Å²) in [4.78, 5) is 11.7. The number of halogens is 2. The highest BCUT2D eigenvalue weighted by atomic mass is 35.5. The maximum Gasteiger partial charge on any atom is 0.343 e. The number of carbonyl (C=O) groups is 1. The van der Waals surface area contributed by atoms with Gasteiger partial charge in [-0.05, 0) is 37.6 Å². The molecule has 1 aromatic carbocycles. The number of carboxylic acid groups (broad SMARTS) is 1. The van der Waals surface area contributed by atoms with Gasteiger partial charge in [-0.1, -0.05) is 5.16 Å². The Labute approximate surface area is 161 Å². The molecule has 27 heavy (non-hydrogen) atoms. The summed E-state index contributed by atoms with van der Waals surface area (Å²) < 4.78 is 23.7. The summed E-state index contributed by atoms with van der Waals surface area (Å²) in [5.74, 6) is -1.87. The molecule has 0 bridgehead atoms. The number of nitrogens with one attached hydrogen (secondary N) is 2. The van der Waals surface area contributed by atoms with Crippen LogP contribution in [0.4, 0.5) is 10.2 Å². The molecule has 148 valence electrons. The smallest absolute Gasteiger partial charge is 0.343 e. The van der Waals surface area contributed by atoms with Gasteiger partial charge in [-0.2, -0.15) is 0 Å². The quantitative estimate of drug-likeness (QED) is 0.581. The highest BCUT2D eigenvalue weighted by Crippen LogP contribution is 2.33. The van der Waals surface area contributed by atoms with Crippen LogP contribution in [0.2, 0.25) is 0 Å². The Morgan fingerprint density at radius 3 is 2.93 bits per heavy atom. The molecular weight excluding hydrogens is 381 g/mol. The van der Waals surface area contributed by atoms with Crippen molar-refractivity contribution in [3.8, 4) is 17.1 Å². The van der Waals surface area contributed by atoms with Crippen molar-refractivity contribution in [1.82, 2.24) is 10.5 Å². The lowest BCUT2D eigenvalue weighted by molar-refractivity contribution is 0.0290. The van der Waals surface area contributed by atoms with Gasteiger partial charge in [0, 0.05) is 18.7 Å². The summed E-state index contributed by atoms with van der Waals surface area (Å²) in [6, 6.07) is 3.88. The van der Waals surface area contributed by atoms with Gasteiger partial charge in [0.1, 0.15) is 0 Å². The lowest BCUT2D eigenvalue weighted by Crippen LogP contribution is -2.50. The predicted molar refractivity (Wildman–Crippen MR) is 98.2 cm³/mol. The molecule has 1 aromatic heterocycles. The molecule has 1 aliphatic rings. The Morgan fingerprint density at radius 2 is 2.30 bits per heavy atom. The highest BCUT2D eigenvalue weighted by molar-refractivity contribution is 5.99. The first kappa shape index (κ1) is 20.9. The molecule has 1 aliphatic heterocycles. The average Bonchev–Trinajstić information content (AvgIpc) is 3.05. The lowest BCUT2D eigenvalue weighted by Gasteiger charge is -2.32. The molecule has 0 radical (unpaired) electrons. The molecule has 1 saturated heterocycles. The number of aromatic nitrogens is 1. The van der Waals surface area contributed by atoms with Crippen molar-refractivity contribution in [3.05, 3.63) is 29.6 Å². The SMILES string of the molecule is COc1cc(-c2onc(NCC3(O)CCCNC3)c2C(=O)O)ccc1F.Cl. The Hall–Kier alpha value is -2.36. The molecule has 0 spiro atoms. The fraction of sp³-hybridized carbons (Fsp3) is 0.412. The van der Waals surface area contributed by atoms with Crippen molar-refractivity contribution in [2.24, 2.45) is 0 Å². The monoisotopic (exact) mass is 401 g/mol. The van der Waals surface area contributed by atoms with E-state index in [1.54, 1.807) is 0 Å². The molecule has 0 aliphatic carbocycles. The van der Waals surface area contributed by atoms with E-state index in [0.717, 1.165) is 19.0 Å². The van der Waals surface area contributed by atoms with E-state index in [-0.39, 0.29) is 41.8 Å². The van der Waals surface area contributed by atoms with Gasteiger partial charge in [-0.3, -0.25) is 0 Å². The molecule has 1 atom stereocenters. The third-order valence-electron chi connectivity index (χ3n) is 4.35. The summed E-state index contributed by atoms with van der Waals surface area (Å²) >= 11 is 0. The van der Waals surface area contributed by atoms with Gasteiger partial charge >= 0.3 is 5.97 Å². The first-order chi connectivity index (χ1) is 12.4. The van der Waals surface area contributed by atoms with Gasteiger partial charge in [0.15, 0.2) is 28.7 Å². The number of aromatic carboxylic acids is 1. The van der Waals surface area contributed by atoms with E-state index in [0.29, 0.717) is 18.5 Å². The normalized spacial score (nSPS) is 19.2. The van der Waals surface area contributed by atoms with Crippen LogP contribution in [0.25, 0.3) is 11.3 Å². The first-order valence-electron chi connectivity index (χ1n) is 8.17. The van der Waals surface area contributed by atoms with E-state index in [1.165, 1.54) is 19.2 Å². The van der Waals surface area contributed by atoms with E-state index in [4.69, 9.17) is 9.26 Å². The minimum absolute atomic E-state index is 0. The number of benzene rings is 1. The van der Waals surface area contributed by atoms with Gasteiger partial charge < -0.3 is 30.1 Å². The molecule has 10 heteroatoms. The Balaban J connectivity index is 0.00000261. The molecule has 0 saturated carbocycles. The van der Waals surface area contributed by atoms with Crippen molar-refractivity contribution in [2.45, 2.75) is 18.4 Å². The standard InChI is InChI=1S/C17H20FN3O5.ClH/c1-25-12-7-10(3-4-11(12)18)14-13(16(22)23)15(21-26-14)20-9-17(24)5-2-6-19-8-17;/h3-4,7,19,24H,2,5-6,8-9H2,1H3,(H,20,21)(H,22,23);1H. The molecule has 1 unspecified atom stereocenters.